The van der Waals surface area contributed by atoms with E-state index in [2.05, 4.69) is 9.97 Å². The Morgan fingerprint density at radius 3 is 2.35 bits per heavy atom. The number of hydrogen-bond acceptors (Lipinski definition) is 6. The molecule has 0 spiro atoms. The molecule has 0 aliphatic heterocycles. The van der Waals surface area contributed by atoms with Crippen LogP contribution in [-0.2, 0) is 12.8 Å². The van der Waals surface area contributed by atoms with Crippen LogP contribution >= 0.6 is 11.6 Å². The monoisotopic (exact) mass is 483 g/mol. The third-order valence-corrected chi connectivity index (χ3v) is 5.85. The summed E-state index contributed by atoms with van der Waals surface area (Å²) in [5.41, 5.74) is 2.31. The van der Waals surface area contributed by atoms with Gasteiger partial charge in [-0.15, -0.1) is 0 Å². The first-order chi connectivity index (χ1) is 16.4. The Hall–Kier alpha value is -3.32. The van der Waals surface area contributed by atoms with Gasteiger partial charge in [0, 0.05) is 24.7 Å². The molecular weight excluding hydrogens is 454 g/mol. The van der Waals surface area contributed by atoms with Crippen molar-refractivity contribution in [1.82, 2.24) is 14.9 Å². The summed E-state index contributed by atoms with van der Waals surface area (Å²) in [6.45, 7) is 2.52. The summed E-state index contributed by atoms with van der Waals surface area (Å²) in [4.78, 5) is 24.0. The smallest absolute Gasteiger partial charge is 0.272 e. The normalized spacial score (nSPS) is 11.6. The fourth-order valence-corrected chi connectivity index (χ4v) is 3.83. The molecule has 0 N–H and O–H groups in total. The van der Waals surface area contributed by atoms with Gasteiger partial charge in [-0.2, -0.15) is 0 Å². The molecule has 0 saturated heterocycles. The van der Waals surface area contributed by atoms with Crippen molar-refractivity contribution in [2.75, 3.05) is 27.9 Å². The van der Waals surface area contributed by atoms with Crippen LogP contribution in [0.25, 0.3) is 0 Å². The number of pyridine rings is 2. The Bertz CT molecular complexity index is 1090. The standard InChI is InChI=1S/C26H30ClN3O4/c1-18(8-9-19-10-13-21(32-2)14-11-19)30(26(31)22-6-5-7-24(27)29-22)17-16-20-12-15-23(33-3)25(28-20)34-4/h5-7,10-15,18H,8-9,16-17H2,1-4H3. The van der Waals surface area contributed by atoms with Gasteiger partial charge in [-0.1, -0.05) is 29.8 Å². The van der Waals surface area contributed by atoms with E-state index in [0.29, 0.717) is 35.4 Å². The Labute approximate surface area is 205 Å². The van der Waals surface area contributed by atoms with Crippen molar-refractivity contribution < 1.29 is 19.0 Å². The SMILES string of the molecule is COc1ccc(CCC(C)N(CCc2ccc(OC)c(OC)n2)C(=O)c2cccc(Cl)n2)cc1. The summed E-state index contributed by atoms with van der Waals surface area (Å²) >= 11 is 6.05. The molecular formula is C26H30ClN3O4. The number of amides is 1. The quantitative estimate of drug-likeness (QED) is 0.362. The van der Waals surface area contributed by atoms with Crippen molar-refractivity contribution >= 4 is 17.5 Å². The number of ether oxygens (including phenoxy) is 3. The molecule has 2 heterocycles. The lowest BCUT2D eigenvalue weighted by Gasteiger charge is -2.29. The Kier molecular flexibility index (Phi) is 9.10. The Balaban J connectivity index is 1.76. The van der Waals surface area contributed by atoms with E-state index >= 15 is 0 Å². The van der Waals surface area contributed by atoms with E-state index in [9.17, 15) is 4.79 Å². The van der Waals surface area contributed by atoms with Crippen molar-refractivity contribution in [3.05, 3.63) is 76.7 Å². The topological polar surface area (TPSA) is 73.8 Å². The average molecular weight is 484 g/mol. The van der Waals surface area contributed by atoms with Gasteiger partial charge in [-0.05, 0) is 61.7 Å². The molecule has 2 aromatic heterocycles. The minimum absolute atomic E-state index is 0.0319. The summed E-state index contributed by atoms with van der Waals surface area (Å²) < 4.78 is 15.8. The highest BCUT2D eigenvalue weighted by molar-refractivity contribution is 6.29. The molecule has 0 aliphatic rings. The molecule has 0 saturated carbocycles. The van der Waals surface area contributed by atoms with Crippen LogP contribution in [0.15, 0.2) is 54.6 Å². The predicted octanol–water partition coefficient (Wildman–Crippen LogP) is 4.86. The first-order valence-corrected chi connectivity index (χ1v) is 11.5. The number of aromatic nitrogens is 2. The number of carbonyl (C=O) groups is 1. The van der Waals surface area contributed by atoms with Gasteiger partial charge in [-0.3, -0.25) is 4.79 Å². The van der Waals surface area contributed by atoms with E-state index in [1.165, 1.54) is 5.56 Å². The van der Waals surface area contributed by atoms with E-state index in [1.807, 2.05) is 48.2 Å². The molecule has 0 aliphatic carbocycles. The largest absolute Gasteiger partial charge is 0.497 e. The molecule has 1 atom stereocenters. The molecule has 0 bridgehead atoms. The average Bonchev–Trinajstić information content (AvgIpc) is 2.87. The highest BCUT2D eigenvalue weighted by atomic mass is 35.5. The molecule has 1 unspecified atom stereocenters. The van der Waals surface area contributed by atoms with Crippen LogP contribution in [0.5, 0.6) is 17.4 Å². The number of benzene rings is 1. The number of halogens is 1. The maximum absolute atomic E-state index is 13.4. The first kappa shape index (κ1) is 25.3. The van der Waals surface area contributed by atoms with Gasteiger partial charge in [0.1, 0.15) is 16.6 Å². The highest BCUT2D eigenvalue weighted by Gasteiger charge is 2.23. The Morgan fingerprint density at radius 2 is 1.71 bits per heavy atom. The van der Waals surface area contributed by atoms with Crippen molar-refractivity contribution in [1.29, 1.82) is 0 Å². The molecule has 0 fully saturated rings. The Morgan fingerprint density at radius 1 is 0.941 bits per heavy atom. The van der Waals surface area contributed by atoms with Gasteiger partial charge >= 0.3 is 0 Å². The number of hydrogen-bond donors (Lipinski definition) is 0. The van der Waals surface area contributed by atoms with Crippen LogP contribution < -0.4 is 14.2 Å². The van der Waals surface area contributed by atoms with Crippen LogP contribution in [0.3, 0.4) is 0 Å². The van der Waals surface area contributed by atoms with Crippen LogP contribution in [0.1, 0.15) is 35.1 Å². The van der Waals surface area contributed by atoms with Gasteiger partial charge in [0.2, 0.25) is 0 Å². The van der Waals surface area contributed by atoms with Gasteiger partial charge < -0.3 is 19.1 Å². The molecule has 3 aromatic rings. The van der Waals surface area contributed by atoms with E-state index in [0.717, 1.165) is 24.3 Å². The minimum atomic E-state index is -0.162. The van der Waals surface area contributed by atoms with Crippen LogP contribution in [-0.4, -0.2) is 54.7 Å². The summed E-state index contributed by atoms with van der Waals surface area (Å²) in [7, 11) is 4.77. The maximum atomic E-state index is 13.4. The molecule has 1 aromatic carbocycles. The first-order valence-electron chi connectivity index (χ1n) is 11.1. The lowest BCUT2D eigenvalue weighted by atomic mass is 10.0. The van der Waals surface area contributed by atoms with Gasteiger partial charge in [0.05, 0.1) is 21.3 Å². The number of aryl methyl sites for hydroxylation is 1. The molecule has 0 radical (unpaired) electrons. The van der Waals surface area contributed by atoms with Crippen molar-refractivity contribution in [2.45, 2.75) is 32.2 Å². The molecule has 34 heavy (non-hydrogen) atoms. The van der Waals surface area contributed by atoms with Crippen LogP contribution in [0, 0.1) is 0 Å². The summed E-state index contributed by atoms with van der Waals surface area (Å²) in [6, 6.07) is 16.7. The van der Waals surface area contributed by atoms with Crippen molar-refractivity contribution in [3.8, 4) is 17.4 Å². The van der Waals surface area contributed by atoms with E-state index in [-0.39, 0.29) is 11.9 Å². The zero-order valence-electron chi connectivity index (χ0n) is 20.0. The van der Waals surface area contributed by atoms with Gasteiger partial charge in [-0.25, -0.2) is 9.97 Å². The maximum Gasteiger partial charge on any atom is 0.272 e. The summed E-state index contributed by atoms with van der Waals surface area (Å²) in [6.07, 6.45) is 2.17. The number of carbonyl (C=O) groups excluding carboxylic acids is 1. The fourth-order valence-electron chi connectivity index (χ4n) is 3.66. The number of methoxy groups -OCH3 is 3. The van der Waals surface area contributed by atoms with E-state index in [1.54, 1.807) is 39.5 Å². The molecule has 7 nitrogen and oxygen atoms in total. The number of nitrogens with zero attached hydrogens (tertiary/aromatic N) is 3. The third kappa shape index (κ3) is 6.60. The van der Waals surface area contributed by atoms with Gasteiger partial charge in [0.25, 0.3) is 11.8 Å². The zero-order chi connectivity index (χ0) is 24.5. The molecule has 8 heteroatoms. The van der Waals surface area contributed by atoms with Crippen molar-refractivity contribution in [3.63, 3.8) is 0 Å². The fraction of sp³-hybridized carbons (Fsp3) is 0.346. The van der Waals surface area contributed by atoms with E-state index in [4.69, 9.17) is 25.8 Å². The second kappa shape index (κ2) is 12.2. The third-order valence-electron chi connectivity index (χ3n) is 5.64. The lowest BCUT2D eigenvalue weighted by Crippen LogP contribution is -2.40. The zero-order valence-corrected chi connectivity index (χ0v) is 20.7. The molecule has 1 amide bonds. The second-order valence-electron chi connectivity index (χ2n) is 7.84. The highest BCUT2D eigenvalue weighted by Crippen LogP contribution is 2.24. The van der Waals surface area contributed by atoms with E-state index < -0.39 is 0 Å². The van der Waals surface area contributed by atoms with Crippen LogP contribution in [0.4, 0.5) is 0 Å². The molecule has 180 valence electrons. The minimum Gasteiger partial charge on any atom is -0.497 e. The lowest BCUT2D eigenvalue weighted by molar-refractivity contribution is 0.0680. The van der Waals surface area contributed by atoms with Crippen LogP contribution in [0.2, 0.25) is 5.15 Å². The number of rotatable bonds is 11. The summed E-state index contributed by atoms with van der Waals surface area (Å²) in [5.74, 6) is 1.64. The van der Waals surface area contributed by atoms with Crippen molar-refractivity contribution in [2.24, 2.45) is 0 Å². The second-order valence-corrected chi connectivity index (χ2v) is 8.23. The summed E-state index contributed by atoms with van der Waals surface area (Å²) in [5, 5.41) is 0.290. The predicted molar refractivity (Wildman–Crippen MR) is 132 cm³/mol. The van der Waals surface area contributed by atoms with Gasteiger partial charge in [0.15, 0.2) is 5.75 Å². The molecule has 3 rings (SSSR count).